The number of aldehydes is 1. The van der Waals surface area contributed by atoms with Gasteiger partial charge in [0.15, 0.2) is 5.82 Å². The Kier molecular flexibility index (Phi) is 5.82. The minimum absolute atomic E-state index is 0.167. The number of benzene rings is 3. The second-order valence-electron chi connectivity index (χ2n) is 9.00. The van der Waals surface area contributed by atoms with E-state index < -0.39 is 0 Å². The molecule has 6 rings (SSSR count). The summed E-state index contributed by atoms with van der Waals surface area (Å²) >= 11 is 3.69. The lowest BCUT2D eigenvalue weighted by Crippen LogP contribution is -2.11. The molecule has 1 aliphatic rings. The Labute approximate surface area is 210 Å². The summed E-state index contributed by atoms with van der Waals surface area (Å²) in [5.41, 5.74) is 2.79. The lowest BCUT2D eigenvalue weighted by molar-refractivity contribution is -0.110. The Balaban J connectivity index is 1.41. The van der Waals surface area contributed by atoms with Crippen LogP contribution in [0.25, 0.3) is 33.1 Å². The summed E-state index contributed by atoms with van der Waals surface area (Å²) in [7, 11) is 0. The fraction of sp³-hybridized carbons (Fsp3) is 0.259. The van der Waals surface area contributed by atoms with E-state index in [0.29, 0.717) is 17.5 Å². The lowest BCUT2D eigenvalue weighted by atomic mass is 9.83. The number of hydrogen-bond acceptors (Lipinski definition) is 6. The highest BCUT2D eigenvalue weighted by atomic mass is 79.9. The van der Waals surface area contributed by atoms with Gasteiger partial charge in [-0.3, -0.25) is 0 Å². The zero-order valence-electron chi connectivity index (χ0n) is 18.9. The number of aromatic amines is 1. The van der Waals surface area contributed by atoms with Gasteiger partial charge in [0.2, 0.25) is 0 Å². The van der Waals surface area contributed by atoms with Crippen LogP contribution in [0, 0.1) is 5.92 Å². The molecule has 2 aromatic heterocycles. The van der Waals surface area contributed by atoms with Crippen molar-refractivity contribution in [3.63, 3.8) is 0 Å². The predicted molar refractivity (Wildman–Crippen MR) is 136 cm³/mol. The molecule has 176 valence electrons. The van der Waals surface area contributed by atoms with E-state index >= 15 is 0 Å². The number of aromatic nitrogens is 4. The number of nitrogens with zero attached hydrogens (tertiary/aromatic N) is 3. The third kappa shape index (κ3) is 4.01. The topological polar surface area (TPSA) is 93.9 Å². The first kappa shape index (κ1) is 22.0. The van der Waals surface area contributed by atoms with E-state index in [2.05, 4.69) is 60.8 Å². The zero-order chi connectivity index (χ0) is 23.8. The van der Waals surface area contributed by atoms with Crippen LogP contribution in [0.3, 0.4) is 0 Å². The molecule has 1 aliphatic carbocycles. The van der Waals surface area contributed by atoms with Gasteiger partial charge in [0.1, 0.15) is 30.0 Å². The van der Waals surface area contributed by atoms with E-state index in [1.807, 2.05) is 30.3 Å². The Morgan fingerprint density at radius 3 is 2.77 bits per heavy atom. The van der Waals surface area contributed by atoms with Gasteiger partial charge in [-0.2, -0.15) is 0 Å². The van der Waals surface area contributed by atoms with Gasteiger partial charge in [0.25, 0.3) is 0 Å². The molecular formula is C27H23BrN4O3. The lowest BCUT2D eigenvalue weighted by Gasteiger charge is -2.18. The van der Waals surface area contributed by atoms with Crippen LogP contribution >= 0.6 is 15.9 Å². The van der Waals surface area contributed by atoms with Crippen LogP contribution in [-0.2, 0) is 11.4 Å². The van der Waals surface area contributed by atoms with Crippen molar-refractivity contribution in [2.24, 2.45) is 5.92 Å². The SMILES string of the molecule is O=CC(c1c(-c2ccc3c(Br)c(OCc4nnn[nH]4)ccc3c2)oc2ccccc12)C1CCCC1. The fourth-order valence-electron chi connectivity index (χ4n) is 5.25. The average Bonchev–Trinajstić information content (AvgIpc) is 3.66. The largest absolute Gasteiger partial charge is 0.484 e. The minimum Gasteiger partial charge on any atom is -0.484 e. The maximum absolute atomic E-state index is 12.4. The normalized spacial score (nSPS) is 15.1. The molecule has 0 bridgehead atoms. The van der Waals surface area contributed by atoms with Crippen molar-refractivity contribution >= 4 is 44.0 Å². The number of rotatable bonds is 7. The molecule has 1 N–H and O–H groups in total. The summed E-state index contributed by atoms with van der Waals surface area (Å²) in [6, 6.07) is 18.2. The van der Waals surface area contributed by atoms with Gasteiger partial charge in [-0.1, -0.05) is 49.2 Å². The van der Waals surface area contributed by atoms with E-state index in [1.54, 1.807) is 0 Å². The molecule has 3 aromatic carbocycles. The molecule has 8 heteroatoms. The molecule has 1 saturated carbocycles. The summed E-state index contributed by atoms with van der Waals surface area (Å²) in [5.74, 6) is 2.23. The van der Waals surface area contributed by atoms with E-state index in [9.17, 15) is 4.79 Å². The monoisotopic (exact) mass is 530 g/mol. The number of fused-ring (bicyclic) bond motifs is 2. The third-order valence-corrected chi connectivity index (χ3v) is 7.77. The van der Waals surface area contributed by atoms with Crippen LogP contribution in [-0.4, -0.2) is 26.9 Å². The molecular weight excluding hydrogens is 508 g/mol. The van der Waals surface area contributed by atoms with Crippen LogP contribution in [0.1, 0.15) is 43.0 Å². The number of furan rings is 1. The highest BCUT2D eigenvalue weighted by Crippen LogP contribution is 2.45. The van der Waals surface area contributed by atoms with Crippen molar-refractivity contribution in [2.45, 2.75) is 38.2 Å². The molecule has 2 heterocycles. The second kappa shape index (κ2) is 9.26. The number of carbonyl (C=O) groups excluding carboxylic acids is 1. The molecule has 0 amide bonds. The Hall–Kier alpha value is -3.52. The molecule has 0 spiro atoms. The number of halogens is 1. The van der Waals surface area contributed by atoms with Gasteiger partial charge >= 0.3 is 0 Å². The number of ether oxygens (including phenoxy) is 1. The summed E-state index contributed by atoms with van der Waals surface area (Å²) in [6.45, 7) is 0.242. The van der Waals surface area contributed by atoms with Gasteiger partial charge in [-0.25, -0.2) is 5.10 Å². The molecule has 1 unspecified atom stereocenters. The first-order chi connectivity index (χ1) is 17.2. The molecule has 5 aromatic rings. The maximum atomic E-state index is 12.4. The van der Waals surface area contributed by atoms with E-state index in [0.717, 1.165) is 62.2 Å². The number of para-hydroxylation sites is 1. The number of nitrogens with one attached hydrogen (secondary N) is 1. The Bertz CT molecular complexity index is 1510. The standard InChI is InChI=1S/C27H23BrN4O3/c28-26-19-11-9-18(13-17(19)10-12-23(26)34-15-24-29-31-32-30-24)27-25(20-7-3-4-8-22(20)35-27)21(14-33)16-5-1-2-6-16/h3-4,7-14,16,21H,1-2,5-6,15H2,(H,29,30,31,32). The number of carbonyl (C=O) groups is 1. The smallest absolute Gasteiger partial charge is 0.186 e. The van der Waals surface area contributed by atoms with Crippen LogP contribution in [0.2, 0.25) is 0 Å². The first-order valence-corrected chi connectivity index (χ1v) is 12.6. The van der Waals surface area contributed by atoms with Crippen LogP contribution in [0.15, 0.2) is 63.5 Å². The molecule has 1 fully saturated rings. The highest BCUT2D eigenvalue weighted by Gasteiger charge is 2.31. The quantitative estimate of drug-likeness (QED) is 0.239. The zero-order valence-corrected chi connectivity index (χ0v) is 20.5. The van der Waals surface area contributed by atoms with E-state index in [1.165, 1.54) is 12.8 Å². The molecule has 0 radical (unpaired) electrons. The van der Waals surface area contributed by atoms with Crippen molar-refractivity contribution in [3.8, 4) is 17.1 Å². The molecule has 7 nitrogen and oxygen atoms in total. The van der Waals surface area contributed by atoms with Gasteiger partial charge < -0.3 is 13.9 Å². The first-order valence-electron chi connectivity index (χ1n) is 11.8. The van der Waals surface area contributed by atoms with Crippen molar-refractivity contribution in [3.05, 3.63) is 70.5 Å². The van der Waals surface area contributed by atoms with Gasteiger partial charge in [0, 0.05) is 22.4 Å². The van der Waals surface area contributed by atoms with Gasteiger partial charge in [-0.15, -0.1) is 5.10 Å². The van der Waals surface area contributed by atoms with Crippen molar-refractivity contribution < 1.29 is 13.9 Å². The van der Waals surface area contributed by atoms with Crippen molar-refractivity contribution in [1.82, 2.24) is 20.6 Å². The van der Waals surface area contributed by atoms with Crippen LogP contribution in [0.4, 0.5) is 0 Å². The number of tetrazole rings is 1. The fourth-order valence-corrected chi connectivity index (χ4v) is 5.86. The maximum Gasteiger partial charge on any atom is 0.186 e. The molecule has 0 saturated heterocycles. The third-order valence-electron chi connectivity index (χ3n) is 6.96. The summed E-state index contributed by atoms with van der Waals surface area (Å²) in [5, 5.41) is 16.8. The molecule has 35 heavy (non-hydrogen) atoms. The van der Waals surface area contributed by atoms with Crippen LogP contribution in [0.5, 0.6) is 5.75 Å². The van der Waals surface area contributed by atoms with Crippen molar-refractivity contribution in [1.29, 1.82) is 0 Å². The van der Waals surface area contributed by atoms with Crippen molar-refractivity contribution in [2.75, 3.05) is 0 Å². The Morgan fingerprint density at radius 2 is 1.97 bits per heavy atom. The molecule has 0 aliphatic heterocycles. The average molecular weight is 531 g/mol. The minimum atomic E-state index is -0.167. The van der Waals surface area contributed by atoms with Crippen LogP contribution < -0.4 is 4.74 Å². The van der Waals surface area contributed by atoms with Gasteiger partial charge in [-0.05, 0) is 74.1 Å². The number of H-pyrrole nitrogens is 1. The number of hydrogen-bond donors (Lipinski definition) is 1. The summed E-state index contributed by atoms with van der Waals surface area (Å²) < 4.78 is 13.1. The summed E-state index contributed by atoms with van der Waals surface area (Å²) in [6.07, 6.45) is 5.66. The van der Waals surface area contributed by atoms with Gasteiger partial charge in [0.05, 0.1) is 4.47 Å². The predicted octanol–water partition coefficient (Wildman–Crippen LogP) is 6.58. The van der Waals surface area contributed by atoms with E-state index in [4.69, 9.17) is 9.15 Å². The Morgan fingerprint density at radius 1 is 1.11 bits per heavy atom. The highest BCUT2D eigenvalue weighted by molar-refractivity contribution is 9.10. The summed E-state index contributed by atoms with van der Waals surface area (Å²) in [4.78, 5) is 12.4. The second-order valence-corrected chi connectivity index (χ2v) is 9.79. The van der Waals surface area contributed by atoms with E-state index in [-0.39, 0.29) is 12.5 Å². The molecule has 1 atom stereocenters.